The zero-order valence-electron chi connectivity index (χ0n) is 15.4. The number of carbonyl (C=O) groups excluding carboxylic acids is 1. The summed E-state index contributed by atoms with van der Waals surface area (Å²) in [5, 5.41) is 13.7. The molecule has 0 spiro atoms. The van der Waals surface area contributed by atoms with Gasteiger partial charge >= 0.3 is 0 Å². The smallest absolute Gasteiger partial charge is 0.269 e. The molecule has 1 aliphatic rings. The van der Waals surface area contributed by atoms with Crippen LogP contribution in [0.15, 0.2) is 65.6 Å². The Kier molecular flexibility index (Phi) is 6.84. The van der Waals surface area contributed by atoms with Crippen LogP contribution >= 0.6 is 11.8 Å². The van der Waals surface area contributed by atoms with E-state index in [0.717, 1.165) is 18.4 Å². The van der Waals surface area contributed by atoms with Crippen molar-refractivity contribution in [3.8, 4) is 0 Å². The van der Waals surface area contributed by atoms with E-state index in [1.807, 2.05) is 18.2 Å². The number of nitro groups is 1. The molecule has 1 aliphatic heterocycles. The highest BCUT2D eigenvalue weighted by molar-refractivity contribution is 8.00. The summed E-state index contributed by atoms with van der Waals surface area (Å²) < 4.78 is 5.43. The molecule has 3 rings (SSSR count). The average molecular weight is 398 g/mol. The van der Waals surface area contributed by atoms with Crippen molar-refractivity contribution in [2.45, 2.75) is 22.5 Å². The fraction of sp³-hybridized carbons (Fsp3) is 0.286. The summed E-state index contributed by atoms with van der Waals surface area (Å²) in [6.07, 6.45) is 4.86. The Morgan fingerprint density at radius 1 is 1.14 bits per heavy atom. The van der Waals surface area contributed by atoms with E-state index in [1.165, 1.54) is 23.1 Å². The molecule has 1 fully saturated rings. The van der Waals surface area contributed by atoms with Crippen molar-refractivity contribution in [1.29, 1.82) is 0 Å². The van der Waals surface area contributed by atoms with Crippen LogP contribution in [0.2, 0.25) is 0 Å². The first kappa shape index (κ1) is 20.1. The van der Waals surface area contributed by atoms with E-state index < -0.39 is 4.92 Å². The first-order valence-corrected chi connectivity index (χ1v) is 9.90. The number of nitrogens with zero attached hydrogens (tertiary/aromatic N) is 1. The number of hydrogen-bond donors (Lipinski definition) is 1. The molecular formula is C21H22N2O4S. The molecule has 0 radical (unpaired) electrons. The SMILES string of the molecule is O=C(C=Cc1ccc([N+](=O)[O-])cc1)NCC1(Sc2ccccc2)CCOCC1. The summed E-state index contributed by atoms with van der Waals surface area (Å²) in [6, 6.07) is 16.3. The Bertz CT molecular complexity index is 831. The molecule has 0 saturated carbocycles. The normalized spacial score (nSPS) is 16.0. The van der Waals surface area contributed by atoms with Gasteiger partial charge in [0.2, 0.25) is 5.91 Å². The van der Waals surface area contributed by atoms with E-state index in [-0.39, 0.29) is 16.3 Å². The molecule has 2 aromatic carbocycles. The van der Waals surface area contributed by atoms with Gasteiger partial charge in [0.05, 0.1) is 4.92 Å². The molecule has 1 heterocycles. The lowest BCUT2D eigenvalue weighted by Gasteiger charge is -2.36. The maximum Gasteiger partial charge on any atom is 0.269 e. The second kappa shape index (κ2) is 9.52. The Hall–Kier alpha value is -2.64. The third kappa shape index (κ3) is 5.68. The first-order chi connectivity index (χ1) is 13.6. The van der Waals surface area contributed by atoms with Crippen molar-refractivity contribution in [2.75, 3.05) is 19.8 Å². The van der Waals surface area contributed by atoms with Gasteiger partial charge in [-0.2, -0.15) is 0 Å². The lowest BCUT2D eigenvalue weighted by molar-refractivity contribution is -0.384. The van der Waals surface area contributed by atoms with Gasteiger partial charge in [0.15, 0.2) is 0 Å². The molecule has 146 valence electrons. The van der Waals surface area contributed by atoms with Crippen LogP contribution in [0.25, 0.3) is 6.08 Å². The number of thioether (sulfide) groups is 1. The molecule has 0 unspecified atom stereocenters. The maximum absolute atomic E-state index is 12.3. The summed E-state index contributed by atoms with van der Waals surface area (Å²) in [6.45, 7) is 1.93. The molecule has 1 saturated heterocycles. The van der Waals surface area contributed by atoms with Gasteiger partial charge in [-0.15, -0.1) is 11.8 Å². The van der Waals surface area contributed by atoms with Crippen molar-refractivity contribution in [2.24, 2.45) is 0 Å². The number of nitro benzene ring substituents is 1. The predicted molar refractivity (Wildman–Crippen MR) is 110 cm³/mol. The fourth-order valence-electron chi connectivity index (χ4n) is 2.98. The molecule has 2 aromatic rings. The number of rotatable bonds is 7. The highest BCUT2D eigenvalue weighted by Crippen LogP contribution is 2.40. The number of non-ortho nitro benzene ring substituents is 1. The molecule has 0 aromatic heterocycles. The highest BCUT2D eigenvalue weighted by Gasteiger charge is 2.34. The minimum absolute atomic E-state index is 0.0287. The third-order valence-electron chi connectivity index (χ3n) is 4.60. The predicted octanol–water partition coefficient (Wildman–Crippen LogP) is 4.07. The largest absolute Gasteiger partial charge is 0.381 e. The van der Waals surface area contributed by atoms with Gasteiger partial charge in [0.1, 0.15) is 0 Å². The van der Waals surface area contributed by atoms with Crippen LogP contribution in [0.5, 0.6) is 0 Å². The van der Waals surface area contributed by atoms with Crippen LogP contribution in [0, 0.1) is 10.1 Å². The summed E-state index contributed by atoms with van der Waals surface area (Å²) >= 11 is 1.79. The minimum Gasteiger partial charge on any atom is -0.381 e. The van der Waals surface area contributed by atoms with Gasteiger partial charge in [-0.25, -0.2) is 0 Å². The van der Waals surface area contributed by atoms with E-state index in [4.69, 9.17) is 4.74 Å². The lowest BCUT2D eigenvalue weighted by atomic mass is 9.99. The van der Waals surface area contributed by atoms with Crippen molar-refractivity contribution < 1.29 is 14.5 Å². The Morgan fingerprint density at radius 3 is 2.46 bits per heavy atom. The zero-order valence-corrected chi connectivity index (χ0v) is 16.2. The molecular weight excluding hydrogens is 376 g/mol. The molecule has 28 heavy (non-hydrogen) atoms. The van der Waals surface area contributed by atoms with Crippen LogP contribution in [-0.2, 0) is 9.53 Å². The van der Waals surface area contributed by atoms with E-state index in [1.54, 1.807) is 30.0 Å². The summed E-state index contributed by atoms with van der Waals surface area (Å²) in [5.74, 6) is -0.183. The van der Waals surface area contributed by atoms with Crippen LogP contribution in [-0.4, -0.2) is 35.3 Å². The summed E-state index contributed by atoms with van der Waals surface area (Å²) in [7, 11) is 0. The summed E-state index contributed by atoms with van der Waals surface area (Å²) in [4.78, 5) is 23.7. The van der Waals surface area contributed by atoms with Gasteiger partial charge < -0.3 is 10.1 Å². The standard InChI is InChI=1S/C21H22N2O4S/c24-20(11-8-17-6-9-18(10-7-17)23(25)26)22-16-21(12-14-27-15-13-21)28-19-4-2-1-3-5-19/h1-11H,12-16H2,(H,22,24). The van der Waals surface area contributed by atoms with Crippen LogP contribution < -0.4 is 5.32 Å². The molecule has 0 atom stereocenters. The van der Waals surface area contributed by atoms with E-state index in [0.29, 0.717) is 19.8 Å². The van der Waals surface area contributed by atoms with Crippen LogP contribution in [0.1, 0.15) is 18.4 Å². The van der Waals surface area contributed by atoms with Gasteiger partial charge in [0, 0.05) is 47.6 Å². The number of hydrogen-bond acceptors (Lipinski definition) is 5. The summed E-state index contributed by atoms with van der Waals surface area (Å²) in [5.41, 5.74) is 0.765. The van der Waals surface area contributed by atoms with Crippen LogP contribution in [0.3, 0.4) is 0 Å². The zero-order chi connectivity index (χ0) is 19.8. The van der Waals surface area contributed by atoms with Gasteiger partial charge in [-0.1, -0.05) is 18.2 Å². The van der Waals surface area contributed by atoms with Crippen LogP contribution in [0.4, 0.5) is 5.69 Å². The van der Waals surface area contributed by atoms with Crippen molar-refractivity contribution >= 4 is 29.4 Å². The lowest BCUT2D eigenvalue weighted by Crippen LogP contribution is -2.44. The van der Waals surface area contributed by atoms with Crippen molar-refractivity contribution in [3.63, 3.8) is 0 Å². The molecule has 0 aliphatic carbocycles. The molecule has 7 heteroatoms. The van der Waals surface area contributed by atoms with Gasteiger partial charge in [-0.05, 0) is 48.7 Å². The highest BCUT2D eigenvalue weighted by atomic mass is 32.2. The number of carbonyl (C=O) groups is 1. The monoisotopic (exact) mass is 398 g/mol. The number of ether oxygens (including phenoxy) is 1. The second-order valence-corrected chi connectivity index (χ2v) is 8.15. The molecule has 1 N–H and O–H groups in total. The number of benzene rings is 2. The maximum atomic E-state index is 12.3. The number of amides is 1. The quantitative estimate of drug-likeness (QED) is 0.432. The molecule has 1 amide bonds. The van der Waals surface area contributed by atoms with Gasteiger partial charge in [0.25, 0.3) is 5.69 Å². The van der Waals surface area contributed by atoms with E-state index in [9.17, 15) is 14.9 Å². The average Bonchev–Trinajstić information content (AvgIpc) is 2.72. The second-order valence-electron chi connectivity index (χ2n) is 6.61. The third-order valence-corrected chi connectivity index (χ3v) is 6.09. The molecule has 6 nitrogen and oxygen atoms in total. The topological polar surface area (TPSA) is 81.5 Å². The fourth-order valence-corrected chi connectivity index (χ4v) is 4.29. The number of nitrogens with one attached hydrogen (secondary N) is 1. The van der Waals surface area contributed by atoms with Crippen molar-refractivity contribution in [1.82, 2.24) is 5.32 Å². The minimum atomic E-state index is -0.446. The van der Waals surface area contributed by atoms with Gasteiger partial charge in [-0.3, -0.25) is 14.9 Å². The Labute approximate surface area is 168 Å². The Balaban J connectivity index is 1.59. The Morgan fingerprint density at radius 2 is 1.82 bits per heavy atom. The molecule has 0 bridgehead atoms. The van der Waals surface area contributed by atoms with E-state index in [2.05, 4.69) is 17.4 Å². The van der Waals surface area contributed by atoms with E-state index >= 15 is 0 Å². The van der Waals surface area contributed by atoms with Crippen molar-refractivity contribution in [3.05, 3.63) is 76.4 Å². The first-order valence-electron chi connectivity index (χ1n) is 9.09.